The summed E-state index contributed by atoms with van der Waals surface area (Å²) < 4.78 is 10.5. The van der Waals surface area contributed by atoms with Crippen molar-refractivity contribution in [2.75, 3.05) is 45.9 Å². The molecule has 0 bridgehead atoms. The maximum Gasteiger partial charge on any atom is 0.409 e. The van der Waals surface area contributed by atoms with Gasteiger partial charge in [-0.1, -0.05) is 0 Å². The number of amides is 3. The molecule has 0 N–H and O–H groups in total. The van der Waals surface area contributed by atoms with E-state index in [9.17, 15) is 19.2 Å². The molecule has 3 heterocycles. The Labute approximate surface area is 188 Å². The molecule has 3 amide bonds. The second-order valence-corrected chi connectivity index (χ2v) is 9.02. The minimum absolute atomic E-state index is 0.0440. The lowest BCUT2D eigenvalue weighted by Crippen LogP contribution is -2.54. The molecule has 0 aromatic heterocycles. The minimum Gasteiger partial charge on any atom is -0.465 e. The van der Waals surface area contributed by atoms with Gasteiger partial charge in [-0.3, -0.25) is 14.4 Å². The lowest BCUT2D eigenvalue weighted by Gasteiger charge is -2.46. The summed E-state index contributed by atoms with van der Waals surface area (Å²) in [5, 5.41) is 0. The van der Waals surface area contributed by atoms with Gasteiger partial charge in [-0.05, 0) is 51.5 Å². The SMILES string of the molecule is CCOC(=O)N1CCN(C(=O)C[C@@H]2C[C@]3(C(=O)OCC)CCC4=C3N(CCC4)C2=O)CC1. The van der Waals surface area contributed by atoms with Crippen LogP contribution < -0.4 is 0 Å². The third-order valence-electron chi connectivity index (χ3n) is 7.23. The molecular formula is C23H33N3O6. The van der Waals surface area contributed by atoms with Crippen LogP contribution >= 0.6 is 0 Å². The molecule has 9 heteroatoms. The van der Waals surface area contributed by atoms with E-state index in [1.54, 1.807) is 28.5 Å². The zero-order valence-corrected chi connectivity index (χ0v) is 19.1. The van der Waals surface area contributed by atoms with E-state index in [0.717, 1.165) is 25.0 Å². The average molecular weight is 448 g/mol. The number of piperidine rings is 1. The first-order valence-corrected chi connectivity index (χ1v) is 11.8. The van der Waals surface area contributed by atoms with E-state index in [1.165, 1.54) is 5.57 Å². The predicted molar refractivity (Wildman–Crippen MR) is 114 cm³/mol. The largest absolute Gasteiger partial charge is 0.465 e. The smallest absolute Gasteiger partial charge is 0.409 e. The van der Waals surface area contributed by atoms with Gasteiger partial charge in [0.2, 0.25) is 11.8 Å². The van der Waals surface area contributed by atoms with Gasteiger partial charge in [0.15, 0.2) is 0 Å². The van der Waals surface area contributed by atoms with Gasteiger partial charge in [-0.2, -0.15) is 0 Å². The van der Waals surface area contributed by atoms with Crippen LogP contribution in [0.25, 0.3) is 0 Å². The van der Waals surface area contributed by atoms with E-state index in [2.05, 4.69) is 0 Å². The number of carbonyl (C=O) groups excluding carboxylic acids is 4. The molecule has 4 aliphatic rings. The van der Waals surface area contributed by atoms with Crippen LogP contribution in [0.5, 0.6) is 0 Å². The van der Waals surface area contributed by atoms with Crippen LogP contribution in [-0.2, 0) is 23.9 Å². The van der Waals surface area contributed by atoms with Crippen molar-refractivity contribution in [1.29, 1.82) is 0 Å². The molecule has 2 fully saturated rings. The molecule has 32 heavy (non-hydrogen) atoms. The van der Waals surface area contributed by atoms with Gasteiger partial charge in [0.05, 0.1) is 13.2 Å². The molecule has 0 aromatic carbocycles. The average Bonchev–Trinajstić information content (AvgIpc) is 3.18. The number of piperazine rings is 1. The molecule has 1 aliphatic carbocycles. The summed E-state index contributed by atoms with van der Waals surface area (Å²) in [5.74, 6) is -0.938. The molecule has 4 rings (SSSR count). The highest BCUT2D eigenvalue weighted by Gasteiger charge is 2.58. The zero-order chi connectivity index (χ0) is 22.9. The highest BCUT2D eigenvalue weighted by molar-refractivity contribution is 5.93. The second-order valence-electron chi connectivity index (χ2n) is 9.02. The minimum atomic E-state index is -0.798. The van der Waals surface area contributed by atoms with Gasteiger partial charge in [0.1, 0.15) is 5.41 Å². The van der Waals surface area contributed by atoms with Crippen LogP contribution in [-0.4, -0.2) is 84.5 Å². The molecule has 176 valence electrons. The molecule has 2 saturated heterocycles. The quantitative estimate of drug-likeness (QED) is 0.598. The number of hydrogen-bond donors (Lipinski definition) is 0. The number of rotatable bonds is 5. The Morgan fingerprint density at radius 3 is 2.34 bits per heavy atom. The summed E-state index contributed by atoms with van der Waals surface area (Å²) >= 11 is 0. The van der Waals surface area contributed by atoms with Crippen molar-refractivity contribution in [3.8, 4) is 0 Å². The fourth-order valence-corrected chi connectivity index (χ4v) is 5.75. The standard InChI is InChI=1S/C23H33N3O6/c1-3-31-21(29)23-8-7-16-6-5-9-26(19(16)23)20(28)17(15-23)14-18(27)24-10-12-25(13-11-24)22(30)32-4-2/h17H,3-15H2,1-2H3/t17-,23-/m1/s1. The first-order valence-electron chi connectivity index (χ1n) is 11.8. The number of hydrogen-bond acceptors (Lipinski definition) is 6. The summed E-state index contributed by atoms with van der Waals surface area (Å²) in [4.78, 5) is 56.5. The summed E-state index contributed by atoms with van der Waals surface area (Å²) in [7, 11) is 0. The third-order valence-corrected chi connectivity index (χ3v) is 7.23. The van der Waals surface area contributed by atoms with Gasteiger partial charge in [0, 0.05) is 50.8 Å². The molecule has 9 nitrogen and oxygen atoms in total. The van der Waals surface area contributed by atoms with E-state index in [-0.39, 0.29) is 30.3 Å². The maximum absolute atomic E-state index is 13.3. The van der Waals surface area contributed by atoms with Crippen molar-refractivity contribution >= 4 is 23.9 Å². The second kappa shape index (κ2) is 9.11. The Bertz CT molecular complexity index is 832. The summed E-state index contributed by atoms with van der Waals surface area (Å²) in [6, 6.07) is 0. The Hall–Kier alpha value is -2.58. The van der Waals surface area contributed by atoms with Gasteiger partial charge in [-0.15, -0.1) is 0 Å². The van der Waals surface area contributed by atoms with Gasteiger partial charge >= 0.3 is 12.1 Å². The van der Waals surface area contributed by atoms with E-state index >= 15 is 0 Å². The van der Waals surface area contributed by atoms with Crippen LogP contribution in [0.2, 0.25) is 0 Å². The molecule has 0 spiro atoms. The van der Waals surface area contributed by atoms with Gasteiger partial charge in [0.25, 0.3) is 0 Å². The van der Waals surface area contributed by atoms with Crippen LogP contribution in [0.3, 0.4) is 0 Å². The summed E-state index contributed by atoms with van der Waals surface area (Å²) in [6.45, 7) is 6.43. The highest BCUT2D eigenvalue weighted by atomic mass is 16.6. The highest BCUT2D eigenvalue weighted by Crippen LogP contribution is 2.55. The van der Waals surface area contributed by atoms with E-state index in [0.29, 0.717) is 58.8 Å². The zero-order valence-electron chi connectivity index (χ0n) is 19.1. The van der Waals surface area contributed by atoms with Crippen molar-refractivity contribution in [2.45, 2.75) is 52.4 Å². The van der Waals surface area contributed by atoms with Crippen molar-refractivity contribution in [2.24, 2.45) is 11.3 Å². The maximum atomic E-state index is 13.3. The Balaban J connectivity index is 1.46. The molecule has 0 saturated carbocycles. The van der Waals surface area contributed by atoms with E-state index < -0.39 is 11.3 Å². The van der Waals surface area contributed by atoms with Crippen LogP contribution in [0.15, 0.2) is 11.3 Å². The van der Waals surface area contributed by atoms with Crippen LogP contribution in [0, 0.1) is 11.3 Å². The Kier molecular flexibility index (Phi) is 6.44. The number of ether oxygens (including phenoxy) is 2. The fraction of sp³-hybridized carbons (Fsp3) is 0.739. The van der Waals surface area contributed by atoms with Crippen molar-refractivity contribution in [3.63, 3.8) is 0 Å². The third kappa shape index (κ3) is 3.86. The Morgan fingerprint density at radius 1 is 0.969 bits per heavy atom. The normalized spacial score (nSPS) is 27.4. The van der Waals surface area contributed by atoms with Gasteiger partial charge in [-0.25, -0.2) is 4.79 Å². The number of allylic oxidation sites excluding steroid dienone is 1. The number of esters is 1. The number of nitrogens with zero attached hydrogens (tertiary/aromatic N) is 3. The summed E-state index contributed by atoms with van der Waals surface area (Å²) in [5.41, 5.74) is 1.28. The van der Waals surface area contributed by atoms with Crippen molar-refractivity contribution in [3.05, 3.63) is 11.3 Å². The monoisotopic (exact) mass is 447 g/mol. The summed E-state index contributed by atoms with van der Waals surface area (Å²) in [6.07, 6.45) is 3.35. The first kappa shape index (κ1) is 22.6. The Morgan fingerprint density at radius 2 is 1.66 bits per heavy atom. The fourth-order valence-electron chi connectivity index (χ4n) is 5.75. The predicted octanol–water partition coefficient (Wildman–Crippen LogP) is 1.92. The molecule has 0 aromatic rings. The van der Waals surface area contributed by atoms with E-state index in [4.69, 9.17) is 9.47 Å². The molecule has 2 atom stereocenters. The van der Waals surface area contributed by atoms with E-state index in [1.807, 2.05) is 0 Å². The topological polar surface area (TPSA) is 96.5 Å². The number of carbonyl (C=O) groups is 4. The van der Waals surface area contributed by atoms with Gasteiger partial charge < -0.3 is 24.2 Å². The van der Waals surface area contributed by atoms with Crippen molar-refractivity contribution in [1.82, 2.24) is 14.7 Å². The lowest BCUT2D eigenvalue weighted by atomic mass is 9.71. The lowest BCUT2D eigenvalue weighted by molar-refractivity contribution is -0.161. The molecule has 3 aliphatic heterocycles. The molecule has 0 radical (unpaired) electrons. The van der Waals surface area contributed by atoms with Crippen molar-refractivity contribution < 1.29 is 28.7 Å². The van der Waals surface area contributed by atoms with Crippen LogP contribution in [0.4, 0.5) is 4.79 Å². The van der Waals surface area contributed by atoms with Crippen LogP contribution in [0.1, 0.15) is 52.4 Å². The first-order chi connectivity index (χ1) is 15.4. The molecule has 0 unspecified atom stereocenters. The molecular weight excluding hydrogens is 414 g/mol.